The molecule has 20 heavy (non-hydrogen) atoms. The number of benzene rings is 2. The quantitative estimate of drug-likeness (QED) is 0.918. The number of hydrogen-bond acceptors (Lipinski definition) is 2. The summed E-state index contributed by atoms with van der Waals surface area (Å²) in [5.74, 6) is -0.164. The van der Waals surface area contributed by atoms with Gasteiger partial charge in [0.1, 0.15) is 11.6 Å². The molecule has 3 nitrogen and oxygen atoms in total. The molecule has 0 heterocycles. The average molecular weight is 338 g/mol. The van der Waals surface area contributed by atoms with E-state index in [0.717, 1.165) is 10.0 Å². The summed E-state index contributed by atoms with van der Waals surface area (Å²) < 4.78 is 18.9. The Hall–Kier alpha value is -1.88. The fourth-order valence-corrected chi connectivity index (χ4v) is 1.93. The van der Waals surface area contributed by atoms with Gasteiger partial charge < -0.3 is 10.1 Å². The molecule has 1 N–H and O–H groups in total. The second-order valence-corrected chi connectivity index (χ2v) is 5.11. The predicted molar refractivity (Wildman–Crippen MR) is 79.4 cm³/mol. The maximum atomic E-state index is 12.7. The molecule has 5 heteroatoms. The lowest BCUT2D eigenvalue weighted by Gasteiger charge is -2.08. The van der Waals surface area contributed by atoms with E-state index in [1.165, 1.54) is 24.3 Å². The van der Waals surface area contributed by atoms with Crippen molar-refractivity contribution in [2.24, 2.45) is 0 Å². The monoisotopic (exact) mass is 337 g/mol. The predicted octanol–water partition coefficient (Wildman–Crippen LogP) is 3.91. The maximum absolute atomic E-state index is 12.7. The van der Waals surface area contributed by atoms with Crippen molar-refractivity contribution in [1.82, 2.24) is 0 Å². The third kappa shape index (κ3) is 4.06. The van der Waals surface area contributed by atoms with Crippen LogP contribution in [0.25, 0.3) is 0 Å². The normalized spacial score (nSPS) is 10.2. The van der Waals surface area contributed by atoms with Crippen molar-refractivity contribution in [2.45, 2.75) is 6.92 Å². The van der Waals surface area contributed by atoms with Gasteiger partial charge >= 0.3 is 0 Å². The number of ether oxygens (including phenoxy) is 1. The number of amides is 1. The van der Waals surface area contributed by atoms with Crippen molar-refractivity contribution in [1.29, 1.82) is 0 Å². The summed E-state index contributed by atoms with van der Waals surface area (Å²) in [5, 5.41) is 2.72. The molecule has 0 saturated carbocycles. The first kappa shape index (κ1) is 14.5. The minimum atomic E-state index is -0.341. The summed E-state index contributed by atoms with van der Waals surface area (Å²) in [5.41, 5.74) is 1.78. The van der Waals surface area contributed by atoms with Gasteiger partial charge in [-0.05, 0) is 48.9 Å². The highest BCUT2D eigenvalue weighted by Gasteiger charge is 2.05. The summed E-state index contributed by atoms with van der Waals surface area (Å²) in [4.78, 5) is 11.7. The maximum Gasteiger partial charge on any atom is 0.262 e. The first-order chi connectivity index (χ1) is 9.54. The van der Waals surface area contributed by atoms with Crippen LogP contribution in [0.3, 0.4) is 0 Å². The second-order valence-electron chi connectivity index (χ2n) is 4.25. The minimum absolute atomic E-state index is 0.128. The van der Waals surface area contributed by atoms with Gasteiger partial charge in [0.05, 0.1) is 0 Å². The molecule has 104 valence electrons. The van der Waals surface area contributed by atoms with Crippen molar-refractivity contribution in [3.63, 3.8) is 0 Å². The number of carbonyl (C=O) groups is 1. The summed E-state index contributed by atoms with van der Waals surface area (Å²) in [6.07, 6.45) is 0. The highest BCUT2D eigenvalue weighted by atomic mass is 79.9. The summed E-state index contributed by atoms with van der Waals surface area (Å²) >= 11 is 3.40. The first-order valence-electron chi connectivity index (χ1n) is 5.99. The van der Waals surface area contributed by atoms with E-state index in [0.29, 0.717) is 11.4 Å². The minimum Gasteiger partial charge on any atom is -0.484 e. The van der Waals surface area contributed by atoms with Crippen molar-refractivity contribution in [2.75, 3.05) is 11.9 Å². The van der Waals surface area contributed by atoms with Gasteiger partial charge in [0, 0.05) is 10.2 Å². The van der Waals surface area contributed by atoms with Crippen molar-refractivity contribution in [3.05, 3.63) is 58.3 Å². The largest absolute Gasteiger partial charge is 0.484 e. The Labute approximate surface area is 124 Å². The lowest BCUT2D eigenvalue weighted by Crippen LogP contribution is -2.20. The summed E-state index contributed by atoms with van der Waals surface area (Å²) in [6.45, 7) is 1.84. The molecule has 0 spiro atoms. The molecule has 1 amide bonds. The van der Waals surface area contributed by atoms with Crippen LogP contribution in [0.1, 0.15) is 5.56 Å². The molecule has 0 aromatic heterocycles. The van der Waals surface area contributed by atoms with E-state index >= 15 is 0 Å². The number of aryl methyl sites for hydroxylation is 1. The van der Waals surface area contributed by atoms with Crippen LogP contribution in [0.2, 0.25) is 0 Å². The fourth-order valence-electron chi connectivity index (χ4n) is 1.55. The van der Waals surface area contributed by atoms with Gasteiger partial charge in [-0.1, -0.05) is 22.0 Å². The highest BCUT2D eigenvalue weighted by Crippen LogP contribution is 2.20. The molecule has 0 fully saturated rings. The molecule has 0 aliphatic heterocycles. The van der Waals surface area contributed by atoms with Crippen LogP contribution in [0.4, 0.5) is 10.1 Å². The molecule has 0 aliphatic carbocycles. The van der Waals surface area contributed by atoms with Crippen LogP contribution in [-0.2, 0) is 4.79 Å². The topological polar surface area (TPSA) is 38.3 Å². The smallest absolute Gasteiger partial charge is 0.262 e. The Balaban J connectivity index is 1.89. The molecule has 2 rings (SSSR count). The Morgan fingerprint density at radius 3 is 2.60 bits per heavy atom. The van der Waals surface area contributed by atoms with Crippen LogP contribution in [0, 0.1) is 12.7 Å². The van der Waals surface area contributed by atoms with Gasteiger partial charge in [-0.3, -0.25) is 4.79 Å². The van der Waals surface area contributed by atoms with E-state index in [1.54, 1.807) is 0 Å². The molecular weight excluding hydrogens is 325 g/mol. The zero-order valence-electron chi connectivity index (χ0n) is 10.8. The van der Waals surface area contributed by atoms with Gasteiger partial charge in [0.2, 0.25) is 0 Å². The highest BCUT2D eigenvalue weighted by molar-refractivity contribution is 9.10. The van der Waals surface area contributed by atoms with Crippen LogP contribution in [-0.4, -0.2) is 12.5 Å². The standard InChI is InChI=1S/C15H13BrFNO2/c1-10-2-5-12(8-14(10)16)18-15(19)9-20-13-6-3-11(17)4-7-13/h2-8H,9H2,1H3,(H,18,19). The number of rotatable bonds is 4. The fraction of sp³-hybridized carbons (Fsp3) is 0.133. The van der Waals surface area contributed by atoms with Crippen LogP contribution in [0.15, 0.2) is 46.9 Å². The Bertz CT molecular complexity index is 614. The SMILES string of the molecule is Cc1ccc(NC(=O)COc2ccc(F)cc2)cc1Br. The molecular formula is C15H13BrFNO2. The number of hydrogen-bond donors (Lipinski definition) is 1. The van der Waals surface area contributed by atoms with Gasteiger partial charge in [-0.25, -0.2) is 4.39 Å². The molecule has 0 bridgehead atoms. The van der Waals surface area contributed by atoms with E-state index in [2.05, 4.69) is 21.2 Å². The zero-order chi connectivity index (χ0) is 14.5. The number of nitrogens with one attached hydrogen (secondary N) is 1. The zero-order valence-corrected chi connectivity index (χ0v) is 12.4. The molecule has 2 aromatic rings. The van der Waals surface area contributed by atoms with E-state index < -0.39 is 0 Å². The lowest BCUT2D eigenvalue weighted by molar-refractivity contribution is -0.118. The van der Waals surface area contributed by atoms with Crippen molar-refractivity contribution < 1.29 is 13.9 Å². The van der Waals surface area contributed by atoms with Crippen LogP contribution in [0.5, 0.6) is 5.75 Å². The summed E-state index contributed by atoms with van der Waals surface area (Å²) in [6, 6.07) is 11.1. The Morgan fingerprint density at radius 2 is 1.95 bits per heavy atom. The van der Waals surface area contributed by atoms with E-state index in [9.17, 15) is 9.18 Å². The Morgan fingerprint density at radius 1 is 1.25 bits per heavy atom. The molecule has 0 aliphatic rings. The molecule has 0 radical (unpaired) electrons. The van der Waals surface area contributed by atoms with E-state index in [-0.39, 0.29) is 18.3 Å². The third-order valence-corrected chi connectivity index (χ3v) is 3.49. The molecule has 0 unspecified atom stereocenters. The van der Waals surface area contributed by atoms with Crippen molar-refractivity contribution >= 4 is 27.5 Å². The van der Waals surface area contributed by atoms with E-state index in [4.69, 9.17) is 4.74 Å². The first-order valence-corrected chi connectivity index (χ1v) is 6.78. The Kier molecular flexibility index (Phi) is 4.74. The third-order valence-electron chi connectivity index (χ3n) is 2.64. The molecule has 0 atom stereocenters. The molecule has 0 saturated heterocycles. The number of anilines is 1. The number of carbonyl (C=O) groups excluding carboxylic acids is 1. The van der Waals surface area contributed by atoms with Gasteiger partial charge in [-0.2, -0.15) is 0 Å². The van der Waals surface area contributed by atoms with Gasteiger partial charge in [0.25, 0.3) is 5.91 Å². The summed E-state index contributed by atoms with van der Waals surface area (Å²) in [7, 11) is 0. The van der Waals surface area contributed by atoms with E-state index in [1.807, 2.05) is 25.1 Å². The number of halogens is 2. The van der Waals surface area contributed by atoms with Crippen molar-refractivity contribution in [3.8, 4) is 5.75 Å². The van der Waals surface area contributed by atoms with Gasteiger partial charge in [0.15, 0.2) is 6.61 Å². The second kappa shape index (κ2) is 6.52. The van der Waals surface area contributed by atoms with Crippen LogP contribution < -0.4 is 10.1 Å². The van der Waals surface area contributed by atoms with Gasteiger partial charge in [-0.15, -0.1) is 0 Å². The lowest BCUT2D eigenvalue weighted by atomic mass is 10.2. The average Bonchev–Trinajstić information content (AvgIpc) is 2.42. The molecule has 2 aromatic carbocycles. The van der Waals surface area contributed by atoms with Crippen LogP contribution >= 0.6 is 15.9 Å².